The van der Waals surface area contributed by atoms with Crippen LogP contribution in [-0.4, -0.2) is 41.1 Å². The van der Waals surface area contributed by atoms with Crippen LogP contribution >= 0.6 is 12.3 Å². The molecular weight excluding hydrogens is 115 g/mol. The zero-order chi connectivity index (χ0) is 3.70. The Kier molecular flexibility index (Phi) is 3.93. The van der Waals surface area contributed by atoms with Crippen molar-refractivity contribution in [1.29, 1.82) is 0 Å². The third-order valence-corrected chi connectivity index (χ3v) is 0.730. The van der Waals surface area contributed by atoms with Crippen LogP contribution in [0, 0.1) is 0 Å². The van der Waals surface area contributed by atoms with Gasteiger partial charge in [-0.3, -0.25) is 0 Å². The fourth-order valence-electron chi connectivity index (χ4n) is 0.0744. The van der Waals surface area contributed by atoms with E-state index in [1.165, 1.54) is 0 Å². The molecule has 1 saturated heterocycles. The molecule has 0 unspecified atom stereocenters. The smallest absolute Gasteiger partial charge is 0.295 e. The standard InChI is InChI=1S/CH2O3S.Na/c2-1-3-5-4-1;/h1-2H;. The minimum absolute atomic E-state index is 0. The third-order valence-electron chi connectivity index (χ3n) is 0.243. The molecule has 0 bridgehead atoms. The summed E-state index contributed by atoms with van der Waals surface area (Å²) in [5.74, 6) is 0. The molecule has 1 fully saturated rings. The van der Waals surface area contributed by atoms with Gasteiger partial charge in [-0.05, 0) is 0 Å². The second kappa shape index (κ2) is 3.26. The summed E-state index contributed by atoms with van der Waals surface area (Å²) in [5, 5.41) is 7.98. The molecule has 0 aromatic rings. The van der Waals surface area contributed by atoms with Crippen LogP contribution in [0.2, 0.25) is 0 Å². The summed E-state index contributed by atoms with van der Waals surface area (Å²) in [7, 11) is 0. The number of aliphatic hydroxyl groups is 1. The number of hydrogen-bond donors (Lipinski definition) is 1. The van der Waals surface area contributed by atoms with Crippen LogP contribution in [0.1, 0.15) is 0 Å². The molecule has 0 aromatic carbocycles. The van der Waals surface area contributed by atoms with Gasteiger partial charge in [0.2, 0.25) is 0 Å². The molecule has 1 aliphatic rings. The molecule has 1 radical (unpaired) electrons. The number of aliphatic hydroxyl groups excluding tert-OH is 1. The van der Waals surface area contributed by atoms with E-state index >= 15 is 0 Å². The first kappa shape index (κ1) is 7.23. The number of rotatable bonds is 0. The topological polar surface area (TPSA) is 38.7 Å². The average molecular weight is 117 g/mol. The van der Waals surface area contributed by atoms with E-state index in [1.807, 2.05) is 0 Å². The molecule has 1 N–H and O–H groups in total. The minimum atomic E-state index is -0.972. The summed E-state index contributed by atoms with van der Waals surface area (Å²) in [6.07, 6.45) is 0. The normalized spacial score (nSPS) is 21.5. The SMILES string of the molecule is OC1OSO1.[Na]. The first-order valence-corrected chi connectivity index (χ1v) is 1.73. The van der Waals surface area contributed by atoms with E-state index in [0.717, 1.165) is 12.3 Å². The van der Waals surface area contributed by atoms with Crippen molar-refractivity contribution in [2.24, 2.45) is 0 Å². The fourth-order valence-corrected chi connectivity index (χ4v) is 0.223. The molecule has 0 amide bonds. The van der Waals surface area contributed by atoms with Gasteiger partial charge in [0, 0.05) is 29.6 Å². The van der Waals surface area contributed by atoms with E-state index in [9.17, 15) is 0 Å². The van der Waals surface area contributed by atoms with Gasteiger partial charge in [0.05, 0.1) is 0 Å². The molecule has 31 valence electrons. The predicted molar refractivity (Wildman–Crippen MR) is 21.5 cm³/mol. The quantitative estimate of drug-likeness (QED) is 0.342. The predicted octanol–water partition coefficient (Wildman–Crippen LogP) is -0.508. The Morgan fingerprint density at radius 2 is 1.83 bits per heavy atom. The van der Waals surface area contributed by atoms with Crippen molar-refractivity contribution in [1.82, 2.24) is 0 Å². The summed E-state index contributed by atoms with van der Waals surface area (Å²) < 4.78 is 8.36. The molecule has 3 nitrogen and oxygen atoms in total. The van der Waals surface area contributed by atoms with E-state index in [0.29, 0.717) is 0 Å². The van der Waals surface area contributed by atoms with Gasteiger partial charge in [0.25, 0.3) is 6.48 Å². The van der Waals surface area contributed by atoms with Crippen molar-refractivity contribution in [2.45, 2.75) is 6.48 Å². The third kappa shape index (κ3) is 1.79. The largest absolute Gasteiger partial charge is 0.344 e. The van der Waals surface area contributed by atoms with Crippen molar-refractivity contribution in [2.75, 3.05) is 0 Å². The Morgan fingerprint density at radius 1 is 1.50 bits per heavy atom. The average Bonchev–Trinajstić information content (AvgIpc) is 1.30. The zero-order valence-electron chi connectivity index (χ0n) is 3.25. The molecule has 0 aromatic heterocycles. The van der Waals surface area contributed by atoms with Gasteiger partial charge in [0.15, 0.2) is 12.3 Å². The van der Waals surface area contributed by atoms with Crippen LogP contribution in [-0.2, 0) is 8.37 Å². The molecule has 0 atom stereocenters. The van der Waals surface area contributed by atoms with Crippen molar-refractivity contribution in [3.05, 3.63) is 0 Å². The number of hydrogen-bond acceptors (Lipinski definition) is 4. The molecular formula is CH2NaO3S. The first-order valence-electron chi connectivity index (χ1n) is 1.06. The second-order valence-electron chi connectivity index (χ2n) is 0.568. The van der Waals surface area contributed by atoms with Gasteiger partial charge in [-0.15, -0.1) is 0 Å². The zero-order valence-corrected chi connectivity index (χ0v) is 6.07. The first-order chi connectivity index (χ1) is 2.39. The van der Waals surface area contributed by atoms with Crippen LogP contribution < -0.4 is 0 Å². The summed E-state index contributed by atoms with van der Waals surface area (Å²) in [6, 6.07) is 0. The summed E-state index contributed by atoms with van der Waals surface area (Å²) in [5.41, 5.74) is 0. The van der Waals surface area contributed by atoms with Crippen molar-refractivity contribution in [3.63, 3.8) is 0 Å². The van der Waals surface area contributed by atoms with Crippen LogP contribution in [0.25, 0.3) is 0 Å². The van der Waals surface area contributed by atoms with Gasteiger partial charge in [-0.25, -0.2) is 8.37 Å². The Morgan fingerprint density at radius 3 is 1.83 bits per heavy atom. The van der Waals surface area contributed by atoms with Crippen LogP contribution in [0.5, 0.6) is 0 Å². The van der Waals surface area contributed by atoms with Crippen molar-refractivity contribution >= 4 is 41.9 Å². The molecule has 6 heavy (non-hydrogen) atoms. The minimum Gasteiger partial charge on any atom is -0.344 e. The maximum absolute atomic E-state index is 7.98. The second-order valence-corrected chi connectivity index (χ2v) is 1.09. The summed E-state index contributed by atoms with van der Waals surface area (Å²) in [4.78, 5) is 0. The molecule has 5 heteroatoms. The van der Waals surface area contributed by atoms with Gasteiger partial charge < -0.3 is 5.11 Å². The Hall–Kier alpha value is 1.23. The van der Waals surface area contributed by atoms with Crippen LogP contribution in [0.4, 0.5) is 0 Å². The molecule has 0 saturated carbocycles. The van der Waals surface area contributed by atoms with E-state index in [2.05, 4.69) is 8.37 Å². The van der Waals surface area contributed by atoms with Crippen LogP contribution in [0.15, 0.2) is 0 Å². The van der Waals surface area contributed by atoms with Gasteiger partial charge in [-0.1, -0.05) is 0 Å². The van der Waals surface area contributed by atoms with E-state index < -0.39 is 6.48 Å². The van der Waals surface area contributed by atoms with E-state index in [-0.39, 0.29) is 29.6 Å². The van der Waals surface area contributed by atoms with Crippen LogP contribution in [0.3, 0.4) is 0 Å². The van der Waals surface area contributed by atoms with E-state index in [1.54, 1.807) is 0 Å². The fraction of sp³-hybridized carbons (Fsp3) is 1.00. The molecule has 0 spiro atoms. The summed E-state index contributed by atoms with van der Waals surface area (Å²) >= 11 is 0.795. The Bertz CT molecular complexity index is 37.8. The summed E-state index contributed by atoms with van der Waals surface area (Å²) in [6.45, 7) is -0.972. The molecule has 1 heterocycles. The maximum Gasteiger partial charge on any atom is 0.295 e. The Balaban J connectivity index is 0.000000250. The Labute approximate surface area is 61.7 Å². The maximum atomic E-state index is 7.98. The van der Waals surface area contributed by atoms with Gasteiger partial charge in [0.1, 0.15) is 0 Å². The van der Waals surface area contributed by atoms with Gasteiger partial charge >= 0.3 is 0 Å². The monoisotopic (exact) mass is 117 g/mol. The molecule has 0 aliphatic carbocycles. The molecule has 1 aliphatic heterocycles. The van der Waals surface area contributed by atoms with Crippen molar-refractivity contribution < 1.29 is 13.5 Å². The molecule has 1 rings (SSSR count). The van der Waals surface area contributed by atoms with E-state index in [4.69, 9.17) is 5.11 Å². The van der Waals surface area contributed by atoms with Crippen molar-refractivity contribution in [3.8, 4) is 0 Å². The van der Waals surface area contributed by atoms with Gasteiger partial charge in [-0.2, -0.15) is 0 Å².